The van der Waals surface area contributed by atoms with Crippen molar-refractivity contribution in [1.29, 1.82) is 0 Å². The van der Waals surface area contributed by atoms with Gasteiger partial charge in [0.05, 0.1) is 6.54 Å². The maximum Gasteiger partial charge on any atom is 0.238 e. The fourth-order valence-electron chi connectivity index (χ4n) is 2.89. The molecule has 6 heteroatoms. The minimum atomic E-state index is -0.682. The summed E-state index contributed by atoms with van der Waals surface area (Å²) in [5, 5.41) is 13.1. The number of ether oxygens (including phenoxy) is 1. The normalized spacial score (nSPS) is 12.1. The largest absolute Gasteiger partial charge is 0.491 e. The molecule has 0 spiro atoms. The maximum atomic E-state index is 12.2. The number of rotatable bonds is 8. The number of nitrogens with zero attached hydrogens (tertiary/aromatic N) is 1. The molecule has 27 heavy (non-hydrogen) atoms. The highest BCUT2D eigenvalue weighted by Gasteiger charge is 2.13. The molecule has 146 valence electrons. The van der Waals surface area contributed by atoms with Crippen molar-refractivity contribution in [2.24, 2.45) is 0 Å². The van der Waals surface area contributed by atoms with E-state index in [-0.39, 0.29) is 19.1 Å². The van der Waals surface area contributed by atoms with Gasteiger partial charge in [-0.25, -0.2) is 0 Å². The standard InChI is InChI=1S/C21H27BrN2O3/c1-14-7-15(2)9-19(8-14)27-13-18(25)11-24(4)12-21(26)23-20-6-5-17(22)10-16(20)3/h5-10,18,25H,11-13H2,1-4H3,(H,23,26). The van der Waals surface area contributed by atoms with Gasteiger partial charge in [0.1, 0.15) is 18.5 Å². The Morgan fingerprint density at radius 2 is 1.85 bits per heavy atom. The zero-order chi connectivity index (χ0) is 20.0. The lowest BCUT2D eigenvalue weighted by Crippen LogP contribution is -2.37. The van der Waals surface area contributed by atoms with Crippen LogP contribution in [0.5, 0.6) is 5.75 Å². The van der Waals surface area contributed by atoms with E-state index >= 15 is 0 Å². The summed E-state index contributed by atoms with van der Waals surface area (Å²) < 4.78 is 6.65. The van der Waals surface area contributed by atoms with Crippen molar-refractivity contribution in [3.63, 3.8) is 0 Å². The highest BCUT2D eigenvalue weighted by atomic mass is 79.9. The SMILES string of the molecule is Cc1cc(C)cc(OCC(O)CN(C)CC(=O)Nc2ccc(Br)cc2C)c1. The first-order chi connectivity index (χ1) is 12.7. The molecule has 0 aliphatic carbocycles. The summed E-state index contributed by atoms with van der Waals surface area (Å²) in [6.45, 7) is 6.68. The third-order valence-electron chi connectivity index (χ3n) is 4.04. The van der Waals surface area contributed by atoms with Crippen LogP contribution >= 0.6 is 15.9 Å². The Balaban J connectivity index is 1.78. The van der Waals surface area contributed by atoms with Crippen LogP contribution in [0.3, 0.4) is 0 Å². The highest BCUT2D eigenvalue weighted by molar-refractivity contribution is 9.10. The summed E-state index contributed by atoms with van der Waals surface area (Å²) in [5.41, 5.74) is 4.02. The number of aryl methyl sites for hydroxylation is 3. The van der Waals surface area contributed by atoms with Gasteiger partial charge in [-0.3, -0.25) is 9.69 Å². The summed E-state index contributed by atoms with van der Waals surface area (Å²) >= 11 is 3.41. The summed E-state index contributed by atoms with van der Waals surface area (Å²) in [6.07, 6.45) is -0.682. The highest BCUT2D eigenvalue weighted by Crippen LogP contribution is 2.20. The van der Waals surface area contributed by atoms with Crippen LogP contribution in [0.2, 0.25) is 0 Å². The Labute approximate surface area is 169 Å². The minimum absolute atomic E-state index is 0.120. The summed E-state index contributed by atoms with van der Waals surface area (Å²) in [4.78, 5) is 14.0. The van der Waals surface area contributed by atoms with Crippen LogP contribution in [0.15, 0.2) is 40.9 Å². The van der Waals surface area contributed by atoms with E-state index in [9.17, 15) is 9.90 Å². The van der Waals surface area contributed by atoms with E-state index in [1.165, 1.54) is 0 Å². The molecular formula is C21H27BrN2O3. The molecule has 0 radical (unpaired) electrons. The lowest BCUT2D eigenvalue weighted by Gasteiger charge is -2.21. The topological polar surface area (TPSA) is 61.8 Å². The number of aliphatic hydroxyl groups excluding tert-OH is 1. The van der Waals surface area contributed by atoms with Crippen molar-refractivity contribution in [2.75, 3.05) is 32.1 Å². The number of likely N-dealkylation sites (N-methyl/N-ethyl adjacent to an activating group) is 1. The molecule has 0 aliphatic heterocycles. The molecule has 5 nitrogen and oxygen atoms in total. The maximum absolute atomic E-state index is 12.2. The van der Waals surface area contributed by atoms with Gasteiger partial charge in [-0.05, 0) is 74.8 Å². The molecule has 2 aromatic carbocycles. The molecule has 0 aromatic heterocycles. The van der Waals surface area contributed by atoms with Crippen LogP contribution in [-0.2, 0) is 4.79 Å². The van der Waals surface area contributed by atoms with Gasteiger partial charge in [0.25, 0.3) is 0 Å². The third-order valence-corrected chi connectivity index (χ3v) is 4.53. The predicted molar refractivity (Wildman–Crippen MR) is 112 cm³/mol. The van der Waals surface area contributed by atoms with E-state index in [0.29, 0.717) is 6.54 Å². The zero-order valence-corrected chi connectivity index (χ0v) is 17.8. The van der Waals surface area contributed by atoms with Gasteiger partial charge in [-0.2, -0.15) is 0 Å². The molecule has 0 fully saturated rings. The average Bonchev–Trinajstić information content (AvgIpc) is 2.54. The zero-order valence-electron chi connectivity index (χ0n) is 16.3. The van der Waals surface area contributed by atoms with Crippen LogP contribution in [0.4, 0.5) is 5.69 Å². The van der Waals surface area contributed by atoms with Crippen molar-refractivity contribution in [3.8, 4) is 5.75 Å². The number of carbonyl (C=O) groups is 1. The van der Waals surface area contributed by atoms with Gasteiger partial charge in [0.2, 0.25) is 5.91 Å². The Kier molecular flexibility index (Phi) is 7.83. The van der Waals surface area contributed by atoms with Gasteiger partial charge in [0, 0.05) is 16.7 Å². The first kappa shape index (κ1) is 21.4. The Morgan fingerprint density at radius 3 is 2.48 bits per heavy atom. The molecule has 0 saturated carbocycles. The number of amides is 1. The molecule has 2 rings (SSSR count). The Bertz CT molecular complexity index is 775. The van der Waals surface area contributed by atoms with Gasteiger partial charge < -0.3 is 15.2 Å². The molecule has 0 bridgehead atoms. The quantitative estimate of drug-likeness (QED) is 0.664. The van der Waals surface area contributed by atoms with Crippen LogP contribution in [0, 0.1) is 20.8 Å². The summed E-state index contributed by atoms with van der Waals surface area (Å²) in [7, 11) is 1.80. The second kappa shape index (κ2) is 9.88. The fraction of sp³-hybridized carbons (Fsp3) is 0.381. The van der Waals surface area contributed by atoms with Crippen molar-refractivity contribution < 1.29 is 14.6 Å². The number of hydrogen-bond acceptors (Lipinski definition) is 4. The summed E-state index contributed by atoms with van der Waals surface area (Å²) in [6, 6.07) is 11.7. The summed E-state index contributed by atoms with van der Waals surface area (Å²) in [5.74, 6) is 0.628. The molecule has 1 atom stereocenters. The number of nitrogens with one attached hydrogen (secondary N) is 1. The number of halogens is 1. The van der Waals surface area contributed by atoms with Crippen LogP contribution < -0.4 is 10.1 Å². The molecule has 2 N–H and O–H groups in total. The molecular weight excluding hydrogens is 408 g/mol. The van der Waals surface area contributed by atoms with Crippen LogP contribution in [0.25, 0.3) is 0 Å². The van der Waals surface area contributed by atoms with Crippen molar-refractivity contribution >= 4 is 27.5 Å². The van der Waals surface area contributed by atoms with Crippen molar-refractivity contribution in [1.82, 2.24) is 4.90 Å². The van der Waals surface area contributed by atoms with E-state index in [0.717, 1.165) is 32.6 Å². The first-order valence-corrected chi connectivity index (χ1v) is 9.66. The number of hydrogen-bond donors (Lipinski definition) is 2. The van der Waals surface area contributed by atoms with Gasteiger partial charge in [0.15, 0.2) is 0 Å². The number of benzene rings is 2. The van der Waals surface area contributed by atoms with Crippen LogP contribution in [0.1, 0.15) is 16.7 Å². The Morgan fingerprint density at radius 1 is 1.19 bits per heavy atom. The molecule has 0 saturated heterocycles. The second-order valence-electron chi connectivity index (χ2n) is 6.99. The smallest absolute Gasteiger partial charge is 0.238 e. The van der Waals surface area contributed by atoms with E-state index in [2.05, 4.69) is 27.3 Å². The van der Waals surface area contributed by atoms with E-state index in [1.54, 1.807) is 11.9 Å². The predicted octanol–water partition coefficient (Wildman–Crippen LogP) is 3.68. The van der Waals surface area contributed by atoms with Crippen LogP contribution in [-0.4, -0.2) is 48.8 Å². The lowest BCUT2D eigenvalue weighted by atomic mass is 10.1. The van der Waals surface area contributed by atoms with Crippen molar-refractivity contribution in [3.05, 3.63) is 57.6 Å². The molecule has 1 amide bonds. The molecule has 0 heterocycles. The number of aliphatic hydroxyl groups is 1. The van der Waals surface area contributed by atoms with Gasteiger partial charge in [-0.15, -0.1) is 0 Å². The fourth-order valence-corrected chi connectivity index (χ4v) is 3.36. The first-order valence-electron chi connectivity index (χ1n) is 8.86. The van der Waals surface area contributed by atoms with E-state index in [4.69, 9.17) is 4.74 Å². The van der Waals surface area contributed by atoms with E-state index in [1.807, 2.05) is 51.1 Å². The average molecular weight is 435 g/mol. The molecule has 0 aliphatic rings. The monoisotopic (exact) mass is 434 g/mol. The molecule has 1 unspecified atom stereocenters. The Hall–Kier alpha value is -1.89. The van der Waals surface area contributed by atoms with Crippen molar-refractivity contribution in [2.45, 2.75) is 26.9 Å². The lowest BCUT2D eigenvalue weighted by molar-refractivity contribution is -0.117. The second-order valence-corrected chi connectivity index (χ2v) is 7.91. The number of anilines is 1. The number of carbonyl (C=O) groups excluding carboxylic acids is 1. The third kappa shape index (κ3) is 7.33. The van der Waals surface area contributed by atoms with Gasteiger partial charge >= 0.3 is 0 Å². The minimum Gasteiger partial charge on any atom is -0.491 e. The van der Waals surface area contributed by atoms with Gasteiger partial charge in [-0.1, -0.05) is 22.0 Å². The van der Waals surface area contributed by atoms with E-state index < -0.39 is 6.10 Å². The molecule has 2 aromatic rings.